The summed E-state index contributed by atoms with van der Waals surface area (Å²) in [5.74, 6) is -0.853. The molecule has 6 heteroatoms. The number of rotatable bonds is 3. The van der Waals surface area contributed by atoms with Crippen LogP contribution in [0.25, 0.3) is 9.88 Å². The Morgan fingerprint density at radius 2 is 2.14 bits per heavy atom. The van der Waals surface area contributed by atoms with Crippen LogP contribution < -0.4 is 5.32 Å². The van der Waals surface area contributed by atoms with Crippen LogP contribution in [0.2, 0.25) is 0 Å². The number of thiazole rings is 1. The maximum Gasteiger partial charge on any atom is 0.275 e. The molecule has 0 saturated heterocycles. The van der Waals surface area contributed by atoms with Crippen molar-refractivity contribution >= 4 is 34.3 Å². The van der Waals surface area contributed by atoms with Gasteiger partial charge in [0.2, 0.25) is 0 Å². The highest BCUT2D eigenvalue weighted by atomic mass is 32.1. The molecular formula is C15H11FN2OS2. The number of aryl methyl sites for hydroxylation is 1. The summed E-state index contributed by atoms with van der Waals surface area (Å²) in [5.41, 5.74) is 1.26. The highest BCUT2D eigenvalue weighted by molar-refractivity contribution is 7.20. The van der Waals surface area contributed by atoms with Gasteiger partial charge < -0.3 is 5.32 Å². The van der Waals surface area contributed by atoms with Crippen LogP contribution >= 0.6 is 22.7 Å². The summed E-state index contributed by atoms with van der Waals surface area (Å²) in [5, 5.41) is 6.97. The number of nitrogens with one attached hydrogen (secondary N) is 1. The molecule has 3 nitrogen and oxygen atoms in total. The quantitative estimate of drug-likeness (QED) is 0.768. The molecule has 3 aromatic rings. The van der Waals surface area contributed by atoms with Crippen molar-refractivity contribution in [1.82, 2.24) is 4.98 Å². The van der Waals surface area contributed by atoms with Crippen molar-refractivity contribution in [3.8, 4) is 9.88 Å². The molecule has 0 atom stereocenters. The van der Waals surface area contributed by atoms with Gasteiger partial charge >= 0.3 is 0 Å². The van der Waals surface area contributed by atoms with Gasteiger partial charge in [-0.2, -0.15) is 0 Å². The first-order valence-electron chi connectivity index (χ1n) is 6.20. The Hall–Kier alpha value is -2.05. The van der Waals surface area contributed by atoms with Crippen LogP contribution in [0, 0.1) is 12.7 Å². The second-order valence-corrected chi connectivity index (χ2v) is 6.26. The Kier molecular flexibility index (Phi) is 3.81. The number of hydrogen-bond acceptors (Lipinski definition) is 4. The molecule has 0 unspecified atom stereocenters. The Morgan fingerprint density at radius 1 is 1.29 bits per heavy atom. The first-order chi connectivity index (χ1) is 10.1. The molecule has 1 aromatic carbocycles. The van der Waals surface area contributed by atoms with Gasteiger partial charge in [-0.15, -0.1) is 22.7 Å². The zero-order valence-electron chi connectivity index (χ0n) is 11.1. The van der Waals surface area contributed by atoms with Crippen molar-refractivity contribution in [2.75, 3.05) is 5.32 Å². The minimum atomic E-state index is -0.447. The van der Waals surface area contributed by atoms with E-state index in [2.05, 4.69) is 10.3 Å². The number of hydrogen-bond donors (Lipinski definition) is 1. The monoisotopic (exact) mass is 318 g/mol. The van der Waals surface area contributed by atoms with Crippen molar-refractivity contribution in [3.63, 3.8) is 0 Å². The zero-order chi connectivity index (χ0) is 14.8. The SMILES string of the molecule is Cc1ccc(NC(=O)c2csc(-c3cccs3)n2)c(F)c1. The van der Waals surface area contributed by atoms with E-state index in [1.165, 1.54) is 17.4 Å². The molecule has 2 aromatic heterocycles. The first kappa shape index (κ1) is 13.9. The van der Waals surface area contributed by atoms with E-state index in [4.69, 9.17) is 0 Å². The van der Waals surface area contributed by atoms with Gasteiger partial charge in [-0.3, -0.25) is 4.79 Å². The van der Waals surface area contributed by atoms with Gasteiger partial charge in [-0.1, -0.05) is 12.1 Å². The molecule has 2 heterocycles. The fourth-order valence-electron chi connectivity index (χ4n) is 1.80. The largest absolute Gasteiger partial charge is 0.318 e. The van der Waals surface area contributed by atoms with E-state index < -0.39 is 11.7 Å². The molecule has 0 aliphatic heterocycles. The van der Waals surface area contributed by atoms with Gasteiger partial charge in [0.15, 0.2) is 0 Å². The number of amides is 1. The summed E-state index contributed by atoms with van der Waals surface area (Å²) in [6.07, 6.45) is 0. The fraction of sp³-hybridized carbons (Fsp3) is 0.0667. The highest BCUT2D eigenvalue weighted by Gasteiger charge is 2.14. The number of halogens is 1. The molecule has 3 rings (SSSR count). The van der Waals surface area contributed by atoms with Crippen LogP contribution in [-0.4, -0.2) is 10.9 Å². The molecule has 0 saturated carbocycles. The molecular weight excluding hydrogens is 307 g/mol. The molecule has 0 radical (unpaired) electrons. The number of aromatic nitrogens is 1. The van der Waals surface area contributed by atoms with Crippen LogP contribution in [0.5, 0.6) is 0 Å². The summed E-state index contributed by atoms with van der Waals surface area (Å²) in [6.45, 7) is 1.79. The average molecular weight is 318 g/mol. The average Bonchev–Trinajstić information content (AvgIpc) is 3.10. The topological polar surface area (TPSA) is 42.0 Å². The predicted molar refractivity (Wildman–Crippen MR) is 84.5 cm³/mol. The summed E-state index contributed by atoms with van der Waals surface area (Å²) >= 11 is 2.96. The molecule has 0 bridgehead atoms. The van der Waals surface area contributed by atoms with Gasteiger partial charge in [0.25, 0.3) is 5.91 Å². The molecule has 0 aliphatic carbocycles. The summed E-state index contributed by atoms with van der Waals surface area (Å²) in [4.78, 5) is 17.4. The van der Waals surface area contributed by atoms with Crippen LogP contribution in [0.3, 0.4) is 0 Å². The van der Waals surface area contributed by atoms with E-state index in [1.54, 1.807) is 35.8 Å². The van der Waals surface area contributed by atoms with E-state index in [-0.39, 0.29) is 5.69 Å². The third kappa shape index (κ3) is 3.01. The second-order valence-electron chi connectivity index (χ2n) is 4.45. The number of carbonyl (C=O) groups is 1. The zero-order valence-corrected chi connectivity index (χ0v) is 12.7. The number of carbonyl (C=O) groups excluding carboxylic acids is 1. The van der Waals surface area contributed by atoms with Gasteiger partial charge in [-0.25, -0.2) is 9.37 Å². The minimum Gasteiger partial charge on any atom is -0.318 e. The summed E-state index contributed by atoms with van der Waals surface area (Å²) < 4.78 is 13.7. The maximum atomic E-state index is 13.7. The highest BCUT2D eigenvalue weighted by Crippen LogP contribution is 2.28. The summed E-state index contributed by atoms with van der Waals surface area (Å²) in [7, 11) is 0. The normalized spacial score (nSPS) is 10.6. The number of thiophene rings is 1. The molecule has 0 spiro atoms. The standard InChI is InChI=1S/C15H11FN2OS2/c1-9-4-5-11(10(16)7-9)17-14(19)12-8-21-15(18-12)13-3-2-6-20-13/h2-8H,1H3,(H,17,19). The molecule has 0 fully saturated rings. The molecule has 21 heavy (non-hydrogen) atoms. The van der Waals surface area contributed by atoms with Gasteiger partial charge in [0, 0.05) is 5.38 Å². The van der Waals surface area contributed by atoms with Crippen molar-refractivity contribution in [2.45, 2.75) is 6.92 Å². The fourth-order valence-corrected chi connectivity index (χ4v) is 3.41. The van der Waals surface area contributed by atoms with Crippen LogP contribution in [0.1, 0.15) is 16.1 Å². The van der Waals surface area contributed by atoms with E-state index in [0.717, 1.165) is 15.4 Å². The van der Waals surface area contributed by atoms with Crippen LogP contribution in [0.4, 0.5) is 10.1 Å². The molecule has 106 valence electrons. The van der Waals surface area contributed by atoms with E-state index >= 15 is 0 Å². The van der Waals surface area contributed by atoms with Crippen LogP contribution in [-0.2, 0) is 0 Å². The Morgan fingerprint density at radius 3 is 2.86 bits per heavy atom. The van der Waals surface area contributed by atoms with Gasteiger partial charge in [-0.05, 0) is 36.1 Å². The van der Waals surface area contributed by atoms with E-state index in [9.17, 15) is 9.18 Å². The second kappa shape index (κ2) is 5.75. The maximum absolute atomic E-state index is 13.7. The Balaban J connectivity index is 1.79. The summed E-state index contributed by atoms with van der Waals surface area (Å²) in [6, 6.07) is 8.56. The molecule has 1 amide bonds. The molecule has 0 aliphatic rings. The number of nitrogens with zero attached hydrogens (tertiary/aromatic N) is 1. The first-order valence-corrected chi connectivity index (χ1v) is 7.96. The lowest BCUT2D eigenvalue weighted by molar-refractivity contribution is 0.102. The van der Waals surface area contributed by atoms with Crippen molar-refractivity contribution in [2.24, 2.45) is 0 Å². The third-order valence-electron chi connectivity index (χ3n) is 2.84. The predicted octanol–water partition coefficient (Wildman–Crippen LogP) is 4.57. The Bertz CT molecular complexity index is 781. The minimum absolute atomic E-state index is 0.163. The number of anilines is 1. The van der Waals surface area contributed by atoms with Crippen molar-refractivity contribution in [1.29, 1.82) is 0 Å². The van der Waals surface area contributed by atoms with E-state index in [1.807, 2.05) is 17.5 Å². The smallest absolute Gasteiger partial charge is 0.275 e. The van der Waals surface area contributed by atoms with E-state index in [0.29, 0.717) is 5.69 Å². The lowest BCUT2D eigenvalue weighted by atomic mass is 10.2. The van der Waals surface area contributed by atoms with Crippen LogP contribution in [0.15, 0.2) is 41.1 Å². The third-order valence-corrected chi connectivity index (χ3v) is 4.72. The Labute approximate surface area is 129 Å². The molecule has 1 N–H and O–H groups in total. The number of benzene rings is 1. The van der Waals surface area contributed by atoms with Gasteiger partial charge in [0.1, 0.15) is 16.5 Å². The lowest BCUT2D eigenvalue weighted by Crippen LogP contribution is -2.13. The lowest BCUT2D eigenvalue weighted by Gasteiger charge is -2.05. The van der Waals surface area contributed by atoms with Crippen molar-refractivity contribution < 1.29 is 9.18 Å². The van der Waals surface area contributed by atoms with Crippen molar-refractivity contribution in [3.05, 3.63) is 58.2 Å². The van der Waals surface area contributed by atoms with Gasteiger partial charge in [0.05, 0.1) is 10.6 Å².